The van der Waals surface area contributed by atoms with Gasteiger partial charge in [0.2, 0.25) is 0 Å². The van der Waals surface area contributed by atoms with Crippen LogP contribution in [-0.2, 0) is 0 Å². The Morgan fingerprint density at radius 2 is 1.95 bits per heavy atom. The Hall–Kier alpha value is -1.72. The van der Waals surface area contributed by atoms with Gasteiger partial charge in [0.15, 0.2) is 0 Å². The normalized spacial score (nSPS) is 11.9. The van der Waals surface area contributed by atoms with E-state index in [1.807, 2.05) is 18.2 Å². The van der Waals surface area contributed by atoms with Crippen LogP contribution in [0.1, 0.15) is 22.0 Å². The van der Waals surface area contributed by atoms with Crippen LogP contribution in [0.25, 0.3) is 0 Å². The van der Waals surface area contributed by atoms with Gasteiger partial charge in [0.05, 0.1) is 18.2 Å². The summed E-state index contributed by atoms with van der Waals surface area (Å²) < 4.78 is 14.2. The van der Waals surface area contributed by atoms with Crippen LogP contribution in [0, 0.1) is 5.82 Å². The first-order valence-corrected chi connectivity index (χ1v) is 6.83. The molecule has 2 rings (SSSR count). The second-order valence-electron chi connectivity index (χ2n) is 4.24. The highest BCUT2D eigenvalue weighted by Crippen LogP contribution is 2.17. The van der Waals surface area contributed by atoms with E-state index in [4.69, 9.17) is 0 Å². The maximum atomic E-state index is 13.6. The van der Waals surface area contributed by atoms with Gasteiger partial charge in [-0.1, -0.05) is 46.3 Å². The average molecular weight is 338 g/mol. The number of amides is 1. The average Bonchev–Trinajstić information content (AvgIpc) is 2.48. The standard InChI is InChI=1S/C15H13BrFNO2/c16-11-6-7-13(17)12(8-11)15(20)18-14(9-19)10-4-2-1-3-5-10/h1-8,14,19H,9H2,(H,18,20). The van der Waals surface area contributed by atoms with Gasteiger partial charge in [0.1, 0.15) is 5.82 Å². The molecule has 0 fully saturated rings. The number of carbonyl (C=O) groups is 1. The minimum atomic E-state index is -0.601. The van der Waals surface area contributed by atoms with E-state index in [0.717, 1.165) is 5.56 Å². The summed E-state index contributed by atoms with van der Waals surface area (Å²) in [6.45, 7) is -0.259. The number of hydrogen-bond donors (Lipinski definition) is 2. The zero-order valence-electron chi connectivity index (χ0n) is 10.5. The van der Waals surface area contributed by atoms with Crippen molar-refractivity contribution in [2.45, 2.75) is 6.04 Å². The third kappa shape index (κ3) is 3.43. The van der Waals surface area contributed by atoms with Gasteiger partial charge in [-0.15, -0.1) is 0 Å². The molecule has 0 heterocycles. The molecule has 20 heavy (non-hydrogen) atoms. The van der Waals surface area contributed by atoms with Crippen LogP contribution in [0.5, 0.6) is 0 Å². The van der Waals surface area contributed by atoms with Gasteiger partial charge in [0.25, 0.3) is 5.91 Å². The summed E-state index contributed by atoms with van der Waals surface area (Å²) in [5.74, 6) is -1.16. The van der Waals surface area contributed by atoms with Gasteiger partial charge in [-0.25, -0.2) is 4.39 Å². The zero-order valence-corrected chi connectivity index (χ0v) is 12.1. The van der Waals surface area contributed by atoms with Gasteiger partial charge in [-0.3, -0.25) is 4.79 Å². The van der Waals surface area contributed by atoms with Gasteiger partial charge < -0.3 is 10.4 Å². The number of nitrogens with one attached hydrogen (secondary N) is 1. The fraction of sp³-hybridized carbons (Fsp3) is 0.133. The van der Waals surface area contributed by atoms with E-state index in [-0.39, 0.29) is 12.2 Å². The maximum Gasteiger partial charge on any atom is 0.254 e. The SMILES string of the molecule is O=C(NC(CO)c1ccccc1)c1cc(Br)ccc1F. The fourth-order valence-electron chi connectivity index (χ4n) is 1.83. The number of benzene rings is 2. The quantitative estimate of drug-likeness (QED) is 0.900. The van der Waals surface area contributed by atoms with E-state index in [9.17, 15) is 14.3 Å². The van der Waals surface area contributed by atoms with E-state index in [1.54, 1.807) is 12.1 Å². The molecule has 0 aromatic heterocycles. The highest BCUT2D eigenvalue weighted by Gasteiger charge is 2.17. The zero-order chi connectivity index (χ0) is 14.5. The van der Waals surface area contributed by atoms with E-state index >= 15 is 0 Å². The predicted molar refractivity (Wildman–Crippen MR) is 77.8 cm³/mol. The Kier molecular flexibility index (Phi) is 4.87. The Bertz CT molecular complexity index is 604. The minimum Gasteiger partial charge on any atom is -0.394 e. The van der Waals surface area contributed by atoms with Crippen LogP contribution < -0.4 is 5.32 Å². The predicted octanol–water partition coefficient (Wildman–Crippen LogP) is 3.05. The molecule has 1 atom stereocenters. The van der Waals surface area contributed by atoms with E-state index in [0.29, 0.717) is 4.47 Å². The largest absolute Gasteiger partial charge is 0.394 e. The van der Waals surface area contributed by atoms with Crippen LogP contribution in [0.4, 0.5) is 4.39 Å². The molecular weight excluding hydrogens is 325 g/mol. The van der Waals surface area contributed by atoms with Gasteiger partial charge in [-0.05, 0) is 23.8 Å². The van der Waals surface area contributed by atoms with Crippen LogP contribution in [0.15, 0.2) is 53.0 Å². The van der Waals surface area contributed by atoms with Crippen molar-refractivity contribution in [1.82, 2.24) is 5.32 Å². The lowest BCUT2D eigenvalue weighted by Gasteiger charge is -2.17. The smallest absolute Gasteiger partial charge is 0.254 e. The lowest BCUT2D eigenvalue weighted by molar-refractivity contribution is 0.0912. The van der Waals surface area contributed by atoms with Crippen molar-refractivity contribution in [2.75, 3.05) is 6.61 Å². The lowest BCUT2D eigenvalue weighted by atomic mass is 10.1. The highest BCUT2D eigenvalue weighted by molar-refractivity contribution is 9.10. The molecule has 1 amide bonds. The van der Waals surface area contributed by atoms with Gasteiger partial charge in [-0.2, -0.15) is 0 Å². The molecule has 0 spiro atoms. The summed E-state index contributed by atoms with van der Waals surface area (Å²) in [7, 11) is 0. The Labute approximate surface area is 124 Å². The van der Waals surface area contributed by atoms with Crippen LogP contribution in [0.2, 0.25) is 0 Å². The Balaban J connectivity index is 2.20. The molecule has 2 N–H and O–H groups in total. The van der Waals surface area contributed by atoms with Crippen LogP contribution in [0.3, 0.4) is 0 Å². The summed E-state index contributed by atoms with van der Waals surface area (Å²) in [5.41, 5.74) is 0.701. The monoisotopic (exact) mass is 337 g/mol. The molecule has 2 aromatic rings. The van der Waals surface area contributed by atoms with Crippen molar-refractivity contribution < 1.29 is 14.3 Å². The number of carbonyl (C=O) groups excluding carboxylic acids is 1. The number of aliphatic hydroxyl groups is 1. The molecule has 0 aliphatic rings. The second-order valence-corrected chi connectivity index (χ2v) is 5.16. The maximum absolute atomic E-state index is 13.6. The molecule has 0 saturated heterocycles. The van der Waals surface area contributed by atoms with Crippen molar-refractivity contribution in [2.24, 2.45) is 0 Å². The number of aliphatic hydroxyl groups excluding tert-OH is 1. The fourth-order valence-corrected chi connectivity index (χ4v) is 2.19. The lowest BCUT2D eigenvalue weighted by Crippen LogP contribution is -2.31. The molecule has 0 saturated carbocycles. The Morgan fingerprint density at radius 1 is 1.25 bits per heavy atom. The highest BCUT2D eigenvalue weighted by atomic mass is 79.9. The molecule has 104 valence electrons. The number of hydrogen-bond acceptors (Lipinski definition) is 2. The molecule has 1 unspecified atom stereocenters. The van der Waals surface area contributed by atoms with E-state index < -0.39 is 17.8 Å². The number of halogens is 2. The first-order chi connectivity index (χ1) is 9.61. The molecule has 0 bridgehead atoms. The summed E-state index contributed by atoms with van der Waals surface area (Å²) in [5, 5.41) is 12.0. The second kappa shape index (κ2) is 6.63. The molecular formula is C15H13BrFNO2. The van der Waals surface area contributed by atoms with Gasteiger partial charge in [0, 0.05) is 4.47 Å². The first kappa shape index (κ1) is 14.7. The van der Waals surface area contributed by atoms with E-state index in [2.05, 4.69) is 21.2 Å². The van der Waals surface area contributed by atoms with Crippen molar-refractivity contribution in [3.63, 3.8) is 0 Å². The van der Waals surface area contributed by atoms with E-state index in [1.165, 1.54) is 18.2 Å². The molecule has 3 nitrogen and oxygen atoms in total. The van der Waals surface area contributed by atoms with Crippen LogP contribution >= 0.6 is 15.9 Å². The van der Waals surface area contributed by atoms with Crippen molar-refractivity contribution in [1.29, 1.82) is 0 Å². The third-order valence-electron chi connectivity index (χ3n) is 2.86. The summed E-state index contributed by atoms with van der Waals surface area (Å²) in [4.78, 5) is 12.1. The summed E-state index contributed by atoms with van der Waals surface area (Å²) in [6, 6.07) is 12.6. The summed E-state index contributed by atoms with van der Waals surface area (Å²) >= 11 is 3.20. The number of rotatable bonds is 4. The van der Waals surface area contributed by atoms with Crippen molar-refractivity contribution >= 4 is 21.8 Å². The molecule has 2 aromatic carbocycles. The molecule has 5 heteroatoms. The minimum absolute atomic E-state index is 0.0613. The topological polar surface area (TPSA) is 49.3 Å². The van der Waals surface area contributed by atoms with Crippen molar-refractivity contribution in [3.05, 3.63) is 69.9 Å². The van der Waals surface area contributed by atoms with Gasteiger partial charge >= 0.3 is 0 Å². The molecule has 0 aliphatic carbocycles. The van der Waals surface area contributed by atoms with Crippen molar-refractivity contribution in [3.8, 4) is 0 Å². The molecule has 0 aliphatic heterocycles. The summed E-state index contributed by atoms with van der Waals surface area (Å²) in [6.07, 6.45) is 0. The third-order valence-corrected chi connectivity index (χ3v) is 3.36. The molecule has 0 radical (unpaired) electrons. The first-order valence-electron chi connectivity index (χ1n) is 6.03. The Morgan fingerprint density at radius 3 is 2.60 bits per heavy atom. The van der Waals surface area contributed by atoms with Crippen LogP contribution in [-0.4, -0.2) is 17.6 Å².